The molecule has 0 aliphatic heterocycles. The van der Waals surface area contributed by atoms with Crippen LogP contribution in [-0.4, -0.2) is 25.9 Å². The highest BCUT2D eigenvalue weighted by atomic mass is 19.1. The Bertz CT molecular complexity index is 388. The van der Waals surface area contributed by atoms with Gasteiger partial charge in [-0.3, -0.25) is 0 Å². The Morgan fingerprint density at radius 2 is 1.94 bits per heavy atom. The van der Waals surface area contributed by atoms with Crippen molar-refractivity contribution in [3.05, 3.63) is 29.1 Å². The molecule has 3 nitrogen and oxygen atoms in total. The molecule has 0 amide bonds. The molecular formula is C13H19FO3. The summed E-state index contributed by atoms with van der Waals surface area (Å²) >= 11 is 0. The van der Waals surface area contributed by atoms with E-state index in [1.54, 1.807) is 27.0 Å². The highest BCUT2D eigenvalue weighted by Gasteiger charge is 2.25. The van der Waals surface area contributed by atoms with Gasteiger partial charge < -0.3 is 14.6 Å². The van der Waals surface area contributed by atoms with Gasteiger partial charge in [0.25, 0.3) is 0 Å². The van der Waals surface area contributed by atoms with E-state index in [1.165, 1.54) is 13.2 Å². The lowest BCUT2D eigenvalue weighted by atomic mass is 9.84. The summed E-state index contributed by atoms with van der Waals surface area (Å²) in [6.45, 7) is 3.80. The largest absolute Gasteiger partial charge is 0.496 e. The van der Waals surface area contributed by atoms with E-state index in [0.29, 0.717) is 17.9 Å². The summed E-state index contributed by atoms with van der Waals surface area (Å²) in [5.41, 5.74) is 0.611. The first kappa shape index (κ1) is 13.9. The van der Waals surface area contributed by atoms with Crippen molar-refractivity contribution in [2.45, 2.75) is 25.9 Å². The third-order valence-electron chi connectivity index (χ3n) is 2.79. The molecule has 0 spiro atoms. The molecule has 0 saturated heterocycles. The maximum Gasteiger partial charge on any atom is 0.130 e. The zero-order chi connectivity index (χ0) is 13.1. The van der Waals surface area contributed by atoms with Crippen LogP contribution >= 0.6 is 0 Å². The minimum atomic E-state index is -0.626. The van der Waals surface area contributed by atoms with Crippen LogP contribution < -0.4 is 4.74 Å². The minimum Gasteiger partial charge on any atom is -0.496 e. The Morgan fingerprint density at radius 3 is 2.41 bits per heavy atom. The van der Waals surface area contributed by atoms with Gasteiger partial charge in [0, 0.05) is 24.2 Å². The third-order valence-corrected chi connectivity index (χ3v) is 2.79. The molecule has 1 aromatic rings. The van der Waals surface area contributed by atoms with E-state index in [0.717, 1.165) is 5.56 Å². The fourth-order valence-corrected chi connectivity index (χ4v) is 1.66. The zero-order valence-electron chi connectivity index (χ0n) is 10.7. The number of aliphatic hydroxyl groups excluding tert-OH is 1. The first-order valence-corrected chi connectivity index (χ1v) is 5.43. The average molecular weight is 242 g/mol. The smallest absolute Gasteiger partial charge is 0.130 e. The van der Waals surface area contributed by atoms with Crippen molar-refractivity contribution in [2.75, 3.05) is 20.8 Å². The number of aliphatic hydroxyl groups is 1. The summed E-state index contributed by atoms with van der Waals surface area (Å²) < 4.78 is 24.1. The van der Waals surface area contributed by atoms with Crippen molar-refractivity contribution >= 4 is 0 Å². The van der Waals surface area contributed by atoms with Crippen molar-refractivity contribution in [1.82, 2.24) is 0 Å². The maximum atomic E-state index is 13.9. The van der Waals surface area contributed by atoms with E-state index < -0.39 is 5.41 Å². The molecule has 1 N–H and O–H groups in total. The maximum absolute atomic E-state index is 13.9. The monoisotopic (exact) mass is 242 g/mol. The molecule has 0 aliphatic carbocycles. The first-order chi connectivity index (χ1) is 7.96. The molecule has 0 fully saturated rings. The molecule has 1 rings (SSSR count). The Labute approximate surface area is 101 Å². The van der Waals surface area contributed by atoms with Crippen LogP contribution in [-0.2, 0) is 16.8 Å². The molecule has 4 heteroatoms. The summed E-state index contributed by atoms with van der Waals surface area (Å²) in [5.74, 6) is 0.0857. The van der Waals surface area contributed by atoms with Gasteiger partial charge >= 0.3 is 0 Å². The summed E-state index contributed by atoms with van der Waals surface area (Å²) in [7, 11) is 3.06. The number of ether oxygens (including phenoxy) is 2. The van der Waals surface area contributed by atoms with E-state index >= 15 is 0 Å². The SMILES string of the molecule is COCc1cc(C(C)(C)CO)c(F)cc1OC. The van der Waals surface area contributed by atoms with Gasteiger partial charge in [0.15, 0.2) is 0 Å². The number of hydrogen-bond acceptors (Lipinski definition) is 3. The highest BCUT2D eigenvalue weighted by molar-refractivity contribution is 5.40. The van der Waals surface area contributed by atoms with Crippen molar-refractivity contribution < 1.29 is 19.0 Å². The van der Waals surface area contributed by atoms with Crippen LogP contribution in [0.5, 0.6) is 5.75 Å². The number of halogens is 1. The molecule has 0 saturated carbocycles. The van der Waals surface area contributed by atoms with Gasteiger partial charge in [0.2, 0.25) is 0 Å². The van der Waals surface area contributed by atoms with Crippen molar-refractivity contribution in [3.8, 4) is 5.75 Å². The lowest BCUT2D eigenvalue weighted by molar-refractivity contribution is 0.180. The molecule has 0 bridgehead atoms. The molecule has 0 unspecified atom stereocenters. The van der Waals surface area contributed by atoms with E-state index in [1.807, 2.05) is 0 Å². The van der Waals surface area contributed by atoms with E-state index in [2.05, 4.69) is 0 Å². The van der Waals surface area contributed by atoms with Gasteiger partial charge in [0.05, 0.1) is 20.3 Å². The van der Waals surface area contributed by atoms with Crippen LogP contribution in [0.15, 0.2) is 12.1 Å². The van der Waals surface area contributed by atoms with Gasteiger partial charge in [-0.15, -0.1) is 0 Å². The van der Waals surface area contributed by atoms with Gasteiger partial charge in [-0.25, -0.2) is 4.39 Å². The van der Waals surface area contributed by atoms with E-state index in [4.69, 9.17) is 9.47 Å². The molecule has 0 aliphatic rings. The minimum absolute atomic E-state index is 0.122. The third kappa shape index (κ3) is 2.96. The quantitative estimate of drug-likeness (QED) is 0.860. The second kappa shape index (κ2) is 5.47. The number of methoxy groups -OCH3 is 2. The lowest BCUT2D eigenvalue weighted by Crippen LogP contribution is -2.24. The molecule has 0 radical (unpaired) electrons. The van der Waals surface area contributed by atoms with Gasteiger partial charge in [-0.2, -0.15) is 0 Å². The summed E-state index contributed by atoms with van der Waals surface area (Å²) in [6.07, 6.45) is 0. The number of rotatable bonds is 5. The van der Waals surface area contributed by atoms with Crippen molar-refractivity contribution in [1.29, 1.82) is 0 Å². The summed E-state index contributed by atoms with van der Waals surface area (Å²) in [6, 6.07) is 3.02. The zero-order valence-corrected chi connectivity index (χ0v) is 10.7. The number of benzene rings is 1. The molecule has 17 heavy (non-hydrogen) atoms. The fourth-order valence-electron chi connectivity index (χ4n) is 1.66. The van der Waals surface area contributed by atoms with Crippen molar-refractivity contribution in [2.24, 2.45) is 0 Å². The number of hydrogen-bond donors (Lipinski definition) is 1. The Kier molecular flexibility index (Phi) is 4.48. The van der Waals surface area contributed by atoms with Crippen molar-refractivity contribution in [3.63, 3.8) is 0 Å². The lowest BCUT2D eigenvalue weighted by Gasteiger charge is -2.24. The van der Waals surface area contributed by atoms with E-state index in [9.17, 15) is 9.50 Å². The average Bonchev–Trinajstić information content (AvgIpc) is 2.31. The predicted octanol–water partition coefficient (Wildman–Crippen LogP) is 2.25. The van der Waals surface area contributed by atoms with E-state index in [-0.39, 0.29) is 12.4 Å². The molecule has 0 heterocycles. The summed E-state index contributed by atoms with van der Waals surface area (Å²) in [4.78, 5) is 0. The Morgan fingerprint density at radius 1 is 1.29 bits per heavy atom. The topological polar surface area (TPSA) is 38.7 Å². The van der Waals surface area contributed by atoms with Crippen LogP contribution in [0.2, 0.25) is 0 Å². The van der Waals surface area contributed by atoms with Crippen LogP contribution in [0.4, 0.5) is 4.39 Å². The second-order valence-electron chi connectivity index (χ2n) is 4.62. The fraction of sp³-hybridized carbons (Fsp3) is 0.538. The standard InChI is InChI=1S/C13H19FO3/c1-13(2,8-15)10-5-9(7-16-3)12(17-4)6-11(10)14/h5-6,15H,7-8H2,1-4H3. The second-order valence-corrected chi connectivity index (χ2v) is 4.62. The first-order valence-electron chi connectivity index (χ1n) is 5.43. The molecule has 0 atom stereocenters. The van der Waals surface area contributed by atoms with Crippen LogP contribution in [0.3, 0.4) is 0 Å². The van der Waals surface area contributed by atoms with Crippen LogP contribution in [0.1, 0.15) is 25.0 Å². The van der Waals surface area contributed by atoms with Gasteiger partial charge in [0.1, 0.15) is 11.6 Å². The molecule has 96 valence electrons. The molecule has 1 aromatic carbocycles. The Balaban J connectivity index is 3.28. The Hall–Kier alpha value is -1.13. The summed E-state index contributed by atoms with van der Waals surface area (Å²) in [5, 5.41) is 9.29. The highest BCUT2D eigenvalue weighted by Crippen LogP contribution is 2.31. The van der Waals surface area contributed by atoms with Gasteiger partial charge in [-0.05, 0) is 11.6 Å². The van der Waals surface area contributed by atoms with Crippen LogP contribution in [0, 0.1) is 5.82 Å². The van der Waals surface area contributed by atoms with Gasteiger partial charge in [-0.1, -0.05) is 13.8 Å². The molecular weight excluding hydrogens is 223 g/mol. The van der Waals surface area contributed by atoms with Crippen LogP contribution in [0.25, 0.3) is 0 Å². The molecule has 0 aromatic heterocycles. The predicted molar refractivity (Wildman–Crippen MR) is 63.8 cm³/mol. The normalized spacial score (nSPS) is 11.6.